The first-order valence-corrected chi connectivity index (χ1v) is 9.52. The summed E-state index contributed by atoms with van der Waals surface area (Å²) in [5, 5.41) is 10.3. The molecule has 0 bridgehead atoms. The van der Waals surface area contributed by atoms with Gasteiger partial charge in [-0.05, 0) is 31.0 Å². The fourth-order valence-electron chi connectivity index (χ4n) is 2.91. The molecule has 0 aliphatic carbocycles. The molecule has 30 heavy (non-hydrogen) atoms. The van der Waals surface area contributed by atoms with Gasteiger partial charge >= 0.3 is 6.61 Å². The van der Waals surface area contributed by atoms with Crippen molar-refractivity contribution in [2.75, 3.05) is 14.2 Å². The topological polar surface area (TPSA) is 80.9 Å². The number of alkyl halides is 2. The van der Waals surface area contributed by atoms with Gasteiger partial charge in [-0.3, -0.25) is 4.99 Å². The van der Waals surface area contributed by atoms with Gasteiger partial charge in [-0.25, -0.2) is 0 Å². The zero-order valence-electron chi connectivity index (χ0n) is 17.6. The highest BCUT2D eigenvalue weighted by atomic mass is 127. The van der Waals surface area contributed by atoms with Gasteiger partial charge in [0.05, 0.1) is 19.3 Å². The summed E-state index contributed by atoms with van der Waals surface area (Å²) >= 11 is 0. The molecule has 1 heterocycles. The van der Waals surface area contributed by atoms with E-state index >= 15 is 0 Å². The number of nitrogens with zero attached hydrogens (tertiary/aromatic N) is 2. The standard InChI is InChI=1S/C20H28F2N4O3.HI/c1-5-13(6-2)17-10-16(29-26-17)12-25-20(23-3)24-11-14-9-15(27-4)7-8-18(14)28-19(21)22;/h7-10,13,19H,5-6,11-12H2,1-4H3,(H2,23,24,25);1H. The first-order valence-electron chi connectivity index (χ1n) is 9.52. The van der Waals surface area contributed by atoms with Crippen LogP contribution in [0.25, 0.3) is 0 Å². The quantitative estimate of drug-likeness (QED) is 0.260. The van der Waals surface area contributed by atoms with E-state index in [4.69, 9.17) is 9.26 Å². The summed E-state index contributed by atoms with van der Waals surface area (Å²) in [4.78, 5) is 4.14. The third-order valence-corrected chi connectivity index (χ3v) is 4.56. The fourth-order valence-corrected chi connectivity index (χ4v) is 2.91. The lowest BCUT2D eigenvalue weighted by Gasteiger charge is -2.15. The van der Waals surface area contributed by atoms with E-state index in [0.29, 0.717) is 35.5 Å². The molecule has 0 spiro atoms. The van der Waals surface area contributed by atoms with Gasteiger partial charge in [-0.15, -0.1) is 24.0 Å². The number of hydrogen-bond donors (Lipinski definition) is 2. The van der Waals surface area contributed by atoms with Crippen LogP contribution in [0.15, 0.2) is 33.8 Å². The molecule has 2 aromatic rings. The third-order valence-electron chi connectivity index (χ3n) is 4.56. The molecule has 2 rings (SSSR count). The van der Waals surface area contributed by atoms with Gasteiger partial charge in [-0.2, -0.15) is 8.78 Å². The molecule has 0 radical (unpaired) electrons. The lowest BCUT2D eigenvalue weighted by Crippen LogP contribution is -2.36. The summed E-state index contributed by atoms with van der Waals surface area (Å²) in [7, 11) is 3.13. The van der Waals surface area contributed by atoms with E-state index in [1.165, 1.54) is 13.2 Å². The molecular formula is C20H29F2IN4O3. The minimum atomic E-state index is -2.91. The van der Waals surface area contributed by atoms with Crippen molar-refractivity contribution >= 4 is 29.9 Å². The van der Waals surface area contributed by atoms with Crippen molar-refractivity contribution in [3.05, 3.63) is 41.3 Å². The minimum absolute atomic E-state index is 0. The highest BCUT2D eigenvalue weighted by Crippen LogP contribution is 2.25. The highest BCUT2D eigenvalue weighted by molar-refractivity contribution is 14.0. The Hall–Kier alpha value is -2.11. The number of rotatable bonds is 10. The van der Waals surface area contributed by atoms with Crippen LogP contribution < -0.4 is 20.1 Å². The van der Waals surface area contributed by atoms with Crippen LogP contribution >= 0.6 is 24.0 Å². The molecule has 7 nitrogen and oxygen atoms in total. The normalized spacial score (nSPS) is 11.4. The van der Waals surface area contributed by atoms with Crippen molar-refractivity contribution in [2.45, 2.75) is 52.3 Å². The summed E-state index contributed by atoms with van der Waals surface area (Å²) in [6.45, 7) is 1.95. The van der Waals surface area contributed by atoms with Gasteiger partial charge in [0.2, 0.25) is 0 Å². The van der Waals surface area contributed by atoms with E-state index in [9.17, 15) is 8.78 Å². The summed E-state index contributed by atoms with van der Waals surface area (Å²) < 4.78 is 40.4. The van der Waals surface area contributed by atoms with Gasteiger partial charge in [0.25, 0.3) is 0 Å². The van der Waals surface area contributed by atoms with Crippen molar-refractivity contribution in [3.8, 4) is 11.5 Å². The van der Waals surface area contributed by atoms with Gasteiger partial charge in [0, 0.05) is 31.1 Å². The molecule has 0 aliphatic rings. The van der Waals surface area contributed by atoms with E-state index in [1.807, 2.05) is 6.07 Å². The second kappa shape index (κ2) is 13.2. The van der Waals surface area contributed by atoms with Crippen molar-refractivity contribution in [2.24, 2.45) is 4.99 Å². The predicted octanol–water partition coefficient (Wildman–Crippen LogP) is 4.67. The van der Waals surface area contributed by atoms with Crippen LogP contribution in [0, 0.1) is 0 Å². The zero-order valence-corrected chi connectivity index (χ0v) is 19.9. The Balaban J connectivity index is 0.00000450. The minimum Gasteiger partial charge on any atom is -0.497 e. The number of ether oxygens (including phenoxy) is 2. The van der Waals surface area contributed by atoms with Gasteiger partial charge < -0.3 is 24.6 Å². The molecule has 0 saturated carbocycles. The summed E-state index contributed by atoms with van der Waals surface area (Å²) in [6, 6.07) is 6.59. The Morgan fingerprint density at radius 1 is 1.17 bits per heavy atom. The van der Waals surface area contributed by atoms with Crippen LogP contribution in [0.4, 0.5) is 8.78 Å². The Morgan fingerprint density at radius 3 is 2.47 bits per heavy atom. The number of guanidine groups is 1. The van der Waals surface area contributed by atoms with E-state index < -0.39 is 6.61 Å². The number of nitrogens with one attached hydrogen (secondary N) is 2. The zero-order chi connectivity index (χ0) is 21.2. The highest BCUT2D eigenvalue weighted by Gasteiger charge is 2.14. The average molecular weight is 538 g/mol. The number of benzene rings is 1. The van der Waals surface area contributed by atoms with Crippen LogP contribution in [0.5, 0.6) is 11.5 Å². The SMILES string of the molecule is CCC(CC)c1cc(CNC(=NC)NCc2cc(OC)ccc2OC(F)F)on1.I. The number of halogens is 3. The van der Waals surface area contributed by atoms with E-state index in [2.05, 4.69) is 39.4 Å². The maximum absolute atomic E-state index is 12.6. The van der Waals surface area contributed by atoms with E-state index in [-0.39, 0.29) is 36.3 Å². The summed E-state index contributed by atoms with van der Waals surface area (Å²) in [5.41, 5.74) is 1.46. The predicted molar refractivity (Wildman–Crippen MR) is 122 cm³/mol. The smallest absolute Gasteiger partial charge is 0.387 e. The molecule has 0 unspecified atom stereocenters. The molecule has 0 aliphatic heterocycles. The maximum Gasteiger partial charge on any atom is 0.387 e. The summed E-state index contributed by atoms with van der Waals surface area (Å²) in [5.74, 6) is 2.18. The second-order valence-electron chi connectivity index (χ2n) is 6.36. The van der Waals surface area contributed by atoms with E-state index in [0.717, 1.165) is 18.5 Å². The number of hydrogen-bond acceptors (Lipinski definition) is 5. The lowest BCUT2D eigenvalue weighted by molar-refractivity contribution is -0.0505. The Kier molecular flexibility index (Phi) is 11.4. The molecule has 0 fully saturated rings. The molecule has 0 amide bonds. The van der Waals surface area contributed by atoms with Crippen LogP contribution in [0.2, 0.25) is 0 Å². The fraction of sp³-hybridized carbons (Fsp3) is 0.500. The monoisotopic (exact) mass is 538 g/mol. The van der Waals surface area contributed by atoms with Crippen LogP contribution in [-0.4, -0.2) is 31.9 Å². The van der Waals surface area contributed by atoms with Crippen LogP contribution in [0.1, 0.15) is 49.6 Å². The number of aromatic nitrogens is 1. The molecule has 1 aromatic heterocycles. The molecular weight excluding hydrogens is 509 g/mol. The van der Waals surface area contributed by atoms with Crippen molar-refractivity contribution < 1.29 is 22.8 Å². The van der Waals surface area contributed by atoms with Crippen molar-refractivity contribution in [3.63, 3.8) is 0 Å². The molecule has 10 heteroatoms. The molecule has 0 saturated heterocycles. The Bertz CT molecular complexity index is 798. The largest absolute Gasteiger partial charge is 0.497 e. The Morgan fingerprint density at radius 2 is 1.87 bits per heavy atom. The van der Waals surface area contributed by atoms with Crippen LogP contribution in [0.3, 0.4) is 0 Å². The lowest BCUT2D eigenvalue weighted by atomic mass is 9.99. The number of aliphatic imine (C=N–C) groups is 1. The molecule has 168 valence electrons. The van der Waals surface area contributed by atoms with Crippen LogP contribution in [-0.2, 0) is 13.1 Å². The third kappa shape index (κ3) is 7.62. The first kappa shape index (κ1) is 25.9. The molecule has 0 atom stereocenters. The van der Waals surface area contributed by atoms with Gasteiger partial charge in [-0.1, -0.05) is 19.0 Å². The average Bonchev–Trinajstić information content (AvgIpc) is 3.18. The molecule has 1 aromatic carbocycles. The van der Waals surface area contributed by atoms with E-state index in [1.54, 1.807) is 19.2 Å². The van der Waals surface area contributed by atoms with Gasteiger partial charge in [0.1, 0.15) is 11.5 Å². The summed E-state index contributed by atoms with van der Waals surface area (Å²) in [6.07, 6.45) is 2.01. The van der Waals surface area contributed by atoms with Gasteiger partial charge in [0.15, 0.2) is 11.7 Å². The Labute approximate surface area is 192 Å². The van der Waals surface area contributed by atoms with Crippen molar-refractivity contribution in [1.29, 1.82) is 0 Å². The maximum atomic E-state index is 12.6. The number of methoxy groups -OCH3 is 1. The van der Waals surface area contributed by atoms with Crippen molar-refractivity contribution in [1.82, 2.24) is 15.8 Å². The first-order chi connectivity index (χ1) is 14.0. The second-order valence-corrected chi connectivity index (χ2v) is 6.36. The molecule has 2 N–H and O–H groups in total.